The minimum atomic E-state index is -0.760. The highest BCUT2D eigenvalue weighted by molar-refractivity contribution is 5.85. The number of ether oxygens (including phenoxy) is 1. The maximum atomic E-state index is 11.5. The molecular weight excluding hydrogens is 192 g/mol. The van der Waals surface area contributed by atoms with Crippen molar-refractivity contribution in [1.82, 2.24) is 5.32 Å². The van der Waals surface area contributed by atoms with Crippen LogP contribution in [0.1, 0.15) is 40.0 Å². The van der Waals surface area contributed by atoms with Gasteiger partial charge in [-0.25, -0.2) is 0 Å². The third-order valence-corrected chi connectivity index (χ3v) is 2.43. The summed E-state index contributed by atoms with van der Waals surface area (Å²) >= 11 is 0. The molecule has 1 amide bonds. The van der Waals surface area contributed by atoms with Gasteiger partial charge < -0.3 is 15.8 Å². The molecule has 0 saturated heterocycles. The van der Waals surface area contributed by atoms with E-state index in [-0.39, 0.29) is 5.91 Å². The van der Waals surface area contributed by atoms with Gasteiger partial charge in [0.25, 0.3) is 0 Å². The Morgan fingerprint density at radius 3 is 2.60 bits per heavy atom. The average molecular weight is 216 g/mol. The van der Waals surface area contributed by atoms with Crippen LogP contribution in [0.5, 0.6) is 0 Å². The number of unbranched alkanes of at least 4 members (excludes halogenated alkanes) is 1. The fraction of sp³-hybridized carbons (Fsp3) is 0.909. The minimum absolute atomic E-state index is 0.107. The number of nitrogens with one attached hydrogen (secondary N) is 1. The quantitative estimate of drug-likeness (QED) is 0.596. The lowest BCUT2D eigenvalue weighted by molar-refractivity contribution is -0.126. The van der Waals surface area contributed by atoms with Crippen molar-refractivity contribution in [3.05, 3.63) is 0 Å². The summed E-state index contributed by atoms with van der Waals surface area (Å²) < 4.78 is 5.32. The second-order valence-corrected chi connectivity index (χ2v) is 3.99. The fourth-order valence-electron chi connectivity index (χ4n) is 0.948. The van der Waals surface area contributed by atoms with Gasteiger partial charge in [-0.05, 0) is 19.8 Å². The summed E-state index contributed by atoms with van der Waals surface area (Å²) in [4.78, 5) is 11.5. The summed E-state index contributed by atoms with van der Waals surface area (Å²) in [6.07, 6.45) is 2.83. The second-order valence-electron chi connectivity index (χ2n) is 3.99. The van der Waals surface area contributed by atoms with Gasteiger partial charge >= 0.3 is 0 Å². The maximum Gasteiger partial charge on any atom is 0.239 e. The van der Waals surface area contributed by atoms with E-state index in [0.717, 1.165) is 19.4 Å². The predicted octanol–water partition coefficient (Wildman–Crippen LogP) is 1.05. The van der Waals surface area contributed by atoms with Crippen molar-refractivity contribution >= 4 is 5.91 Å². The highest BCUT2D eigenvalue weighted by atomic mass is 16.5. The standard InChI is InChI=1S/C11H24N2O2/c1-4-6-8-15-9-7-13-10(14)11(3,12)5-2/h4-9,12H2,1-3H3,(H,13,14). The van der Waals surface area contributed by atoms with E-state index >= 15 is 0 Å². The van der Waals surface area contributed by atoms with Crippen LogP contribution in [0.25, 0.3) is 0 Å². The Kier molecular flexibility index (Phi) is 7.34. The van der Waals surface area contributed by atoms with E-state index in [4.69, 9.17) is 10.5 Å². The highest BCUT2D eigenvalue weighted by Gasteiger charge is 2.24. The monoisotopic (exact) mass is 216 g/mol. The van der Waals surface area contributed by atoms with Crippen LogP contribution in [0, 0.1) is 0 Å². The molecule has 0 bridgehead atoms. The molecule has 0 rings (SSSR count). The first-order chi connectivity index (χ1) is 7.04. The molecule has 0 saturated carbocycles. The summed E-state index contributed by atoms with van der Waals surface area (Å²) in [6.45, 7) is 7.62. The Labute approximate surface area is 92.6 Å². The van der Waals surface area contributed by atoms with Gasteiger partial charge in [-0.2, -0.15) is 0 Å². The molecule has 0 aliphatic carbocycles. The van der Waals surface area contributed by atoms with Gasteiger partial charge in [0.2, 0.25) is 5.91 Å². The number of amides is 1. The van der Waals surface area contributed by atoms with Crippen molar-refractivity contribution in [3.8, 4) is 0 Å². The van der Waals surface area contributed by atoms with Gasteiger partial charge in [-0.3, -0.25) is 4.79 Å². The molecule has 4 nitrogen and oxygen atoms in total. The number of carbonyl (C=O) groups is 1. The van der Waals surface area contributed by atoms with E-state index in [9.17, 15) is 4.79 Å². The van der Waals surface area contributed by atoms with Gasteiger partial charge in [0.15, 0.2) is 0 Å². The largest absolute Gasteiger partial charge is 0.380 e. The third kappa shape index (κ3) is 6.47. The lowest BCUT2D eigenvalue weighted by Gasteiger charge is -2.21. The lowest BCUT2D eigenvalue weighted by Crippen LogP contribution is -2.51. The molecule has 1 atom stereocenters. The fourth-order valence-corrected chi connectivity index (χ4v) is 0.948. The highest BCUT2D eigenvalue weighted by Crippen LogP contribution is 2.03. The molecule has 15 heavy (non-hydrogen) atoms. The molecule has 3 N–H and O–H groups in total. The Hall–Kier alpha value is -0.610. The Balaban J connectivity index is 3.47. The molecule has 4 heteroatoms. The van der Waals surface area contributed by atoms with E-state index in [0.29, 0.717) is 19.6 Å². The molecule has 0 aliphatic heterocycles. The number of hydrogen-bond acceptors (Lipinski definition) is 3. The molecule has 0 aliphatic rings. The summed E-state index contributed by atoms with van der Waals surface area (Å²) in [6, 6.07) is 0. The Morgan fingerprint density at radius 1 is 1.40 bits per heavy atom. The molecule has 0 fully saturated rings. The first-order valence-electron chi connectivity index (χ1n) is 5.69. The van der Waals surface area contributed by atoms with Crippen LogP contribution in [-0.4, -0.2) is 31.2 Å². The maximum absolute atomic E-state index is 11.5. The minimum Gasteiger partial charge on any atom is -0.380 e. The molecule has 0 aromatic rings. The smallest absolute Gasteiger partial charge is 0.239 e. The van der Waals surface area contributed by atoms with Crippen molar-refractivity contribution in [3.63, 3.8) is 0 Å². The van der Waals surface area contributed by atoms with Gasteiger partial charge in [0, 0.05) is 13.2 Å². The topological polar surface area (TPSA) is 64.3 Å². The Morgan fingerprint density at radius 2 is 2.07 bits per heavy atom. The lowest BCUT2D eigenvalue weighted by atomic mass is 10.00. The van der Waals surface area contributed by atoms with Crippen LogP contribution in [0.15, 0.2) is 0 Å². The SMILES string of the molecule is CCCCOCCNC(=O)C(C)(N)CC. The number of carbonyl (C=O) groups excluding carboxylic acids is 1. The number of hydrogen-bond donors (Lipinski definition) is 2. The van der Waals surface area contributed by atoms with E-state index in [2.05, 4.69) is 12.2 Å². The summed E-state index contributed by atoms with van der Waals surface area (Å²) in [7, 11) is 0. The van der Waals surface area contributed by atoms with Crippen LogP contribution in [-0.2, 0) is 9.53 Å². The van der Waals surface area contributed by atoms with Gasteiger partial charge in [-0.15, -0.1) is 0 Å². The molecular formula is C11H24N2O2. The van der Waals surface area contributed by atoms with Crippen LogP contribution >= 0.6 is 0 Å². The van der Waals surface area contributed by atoms with Crippen molar-refractivity contribution < 1.29 is 9.53 Å². The van der Waals surface area contributed by atoms with E-state index < -0.39 is 5.54 Å². The van der Waals surface area contributed by atoms with Crippen molar-refractivity contribution in [2.24, 2.45) is 5.73 Å². The van der Waals surface area contributed by atoms with Crippen molar-refractivity contribution in [1.29, 1.82) is 0 Å². The molecule has 1 unspecified atom stereocenters. The van der Waals surface area contributed by atoms with Crippen LogP contribution in [0.4, 0.5) is 0 Å². The van der Waals surface area contributed by atoms with Crippen LogP contribution in [0.2, 0.25) is 0 Å². The zero-order chi connectivity index (χ0) is 11.7. The van der Waals surface area contributed by atoms with E-state index in [1.807, 2.05) is 6.92 Å². The zero-order valence-corrected chi connectivity index (χ0v) is 10.1. The third-order valence-electron chi connectivity index (χ3n) is 2.43. The van der Waals surface area contributed by atoms with Gasteiger partial charge in [-0.1, -0.05) is 20.3 Å². The molecule has 90 valence electrons. The predicted molar refractivity (Wildman–Crippen MR) is 61.6 cm³/mol. The van der Waals surface area contributed by atoms with Gasteiger partial charge in [0.1, 0.15) is 0 Å². The second kappa shape index (κ2) is 7.65. The molecule has 0 aromatic carbocycles. The summed E-state index contributed by atoms with van der Waals surface area (Å²) in [5, 5.41) is 2.76. The summed E-state index contributed by atoms with van der Waals surface area (Å²) in [5.41, 5.74) is 5.01. The normalized spacial score (nSPS) is 14.7. The summed E-state index contributed by atoms with van der Waals surface area (Å²) in [5.74, 6) is -0.107. The number of nitrogens with two attached hydrogens (primary N) is 1. The first kappa shape index (κ1) is 14.4. The van der Waals surface area contributed by atoms with E-state index in [1.54, 1.807) is 6.92 Å². The van der Waals surface area contributed by atoms with Crippen LogP contribution < -0.4 is 11.1 Å². The van der Waals surface area contributed by atoms with Gasteiger partial charge in [0.05, 0.1) is 12.1 Å². The molecule has 0 radical (unpaired) electrons. The molecule has 0 heterocycles. The molecule has 0 spiro atoms. The Bertz CT molecular complexity index is 181. The average Bonchev–Trinajstić information content (AvgIpc) is 2.22. The van der Waals surface area contributed by atoms with E-state index in [1.165, 1.54) is 0 Å². The first-order valence-corrected chi connectivity index (χ1v) is 5.69. The molecule has 0 aromatic heterocycles. The van der Waals surface area contributed by atoms with Crippen molar-refractivity contribution in [2.75, 3.05) is 19.8 Å². The van der Waals surface area contributed by atoms with Crippen molar-refractivity contribution in [2.45, 2.75) is 45.6 Å². The number of rotatable bonds is 8. The van der Waals surface area contributed by atoms with Crippen LogP contribution in [0.3, 0.4) is 0 Å². The zero-order valence-electron chi connectivity index (χ0n) is 10.1.